The molecule has 2 rings (SSSR count). The molecule has 0 heterocycles. The number of hydrogen-bond acceptors (Lipinski definition) is 2. The van der Waals surface area contributed by atoms with Gasteiger partial charge in [0.15, 0.2) is 0 Å². The van der Waals surface area contributed by atoms with Crippen molar-refractivity contribution in [3.63, 3.8) is 0 Å². The summed E-state index contributed by atoms with van der Waals surface area (Å²) >= 11 is 0. The van der Waals surface area contributed by atoms with Gasteiger partial charge in [-0.05, 0) is 54.8 Å². The Bertz CT molecular complexity index is 562. The lowest BCUT2D eigenvalue weighted by atomic mass is 10.1. The van der Waals surface area contributed by atoms with Gasteiger partial charge < -0.3 is 11.1 Å². The van der Waals surface area contributed by atoms with Crippen molar-refractivity contribution in [1.29, 1.82) is 0 Å². The van der Waals surface area contributed by atoms with Crippen molar-refractivity contribution in [2.45, 2.75) is 13.3 Å². The summed E-state index contributed by atoms with van der Waals surface area (Å²) in [5.41, 5.74) is 9.06. The van der Waals surface area contributed by atoms with Gasteiger partial charge in [-0.15, -0.1) is 0 Å². The second-order valence-electron chi connectivity index (χ2n) is 4.53. The number of hydrogen-bond donors (Lipinski definition) is 2. The third-order valence-electron chi connectivity index (χ3n) is 2.93. The lowest BCUT2D eigenvalue weighted by Gasteiger charge is -2.09. The molecular formula is C15H16F2N2. The minimum Gasteiger partial charge on any atom is -0.399 e. The van der Waals surface area contributed by atoms with Crippen LogP contribution in [0.15, 0.2) is 36.4 Å². The Morgan fingerprint density at radius 1 is 1.05 bits per heavy atom. The fraction of sp³-hybridized carbons (Fsp3) is 0.200. The highest BCUT2D eigenvalue weighted by molar-refractivity contribution is 5.56. The highest BCUT2D eigenvalue weighted by Crippen LogP contribution is 2.16. The van der Waals surface area contributed by atoms with E-state index in [9.17, 15) is 8.78 Å². The number of rotatable bonds is 4. The fourth-order valence-electron chi connectivity index (χ4n) is 1.89. The Kier molecular flexibility index (Phi) is 4.00. The maximum atomic E-state index is 13.0. The first kappa shape index (κ1) is 13.3. The molecule has 4 heteroatoms. The van der Waals surface area contributed by atoms with Gasteiger partial charge in [0.2, 0.25) is 0 Å². The van der Waals surface area contributed by atoms with E-state index < -0.39 is 11.6 Å². The Balaban J connectivity index is 1.94. The average Bonchev–Trinajstić information content (AvgIpc) is 2.32. The second kappa shape index (κ2) is 5.69. The van der Waals surface area contributed by atoms with E-state index in [0.29, 0.717) is 18.5 Å². The van der Waals surface area contributed by atoms with Gasteiger partial charge in [0.05, 0.1) is 0 Å². The van der Waals surface area contributed by atoms with Gasteiger partial charge in [0, 0.05) is 24.0 Å². The number of nitrogens with two attached hydrogens (primary N) is 1. The molecule has 0 atom stereocenters. The largest absolute Gasteiger partial charge is 0.399 e. The van der Waals surface area contributed by atoms with Crippen LogP contribution in [-0.2, 0) is 6.42 Å². The minimum atomic E-state index is -0.543. The third-order valence-corrected chi connectivity index (χ3v) is 2.93. The number of nitrogens with one attached hydrogen (secondary N) is 1. The first-order valence-corrected chi connectivity index (χ1v) is 6.09. The van der Waals surface area contributed by atoms with Crippen LogP contribution in [0.3, 0.4) is 0 Å². The van der Waals surface area contributed by atoms with Crippen molar-refractivity contribution in [3.8, 4) is 0 Å². The van der Waals surface area contributed by atoms with Crippen LogP contribution in [-0.4, -0.2) is 6.54 Å². The van der Waals surface area contributed by atoms with E-state index in [-0.39, 0.29) is 0 Å². The molecule has 2 aromatic carbocycles. The van der Waals surface area contributed by atoms with Crippen LogP contribution in [0.25, 0.3) is 0 Å². The molecule has 0 aliphatic heterocycles. The van der Waals surface area contributed by atoms with Crippen molar-refractivity contribution >= 4 is 11.4 Å². The lowest BCUT2D eigenvalue weighted by Crippen LogP contribution is -2.06. The highest BCUT2D eigenvalue weighted by Gasteiger charge is 2.01. The first-order chi connectivity index (χ1) is 9.04. The Labute approximate surface area is 111 Å². The molecule has 0 bridgehead atoms. The number of aryl methyl sites for hydroxylation is 1. The number of nitrogen functional groups attached to an aromatic ring is 1. The van der Waals surface area contributed by atoms with Gasteiger partial charge in [0.25, 0.3) is 0 Å². The maximum absolute atomic E-state index is 13.0. The van der Waals surface area contributed by atoms with E-state index in [0.717, 1.165) is 23.0 Å². The van der Waals surface area contributed by atoms with Crippen molar-refractivity contribution in [1.82, 2.24) is 0 Å². The molecule has 0 unspecified atom stereocenters. The molecule has 0 fully saturated rings. The summed E-state index contributed by atoms with van der Waals surface area (Å²) in [6.45, 7) is 2.54. The molecular weight excluding hydrogens is 246 g/mol. The number of halogens is 2. The van der Waals surface area contributed by atoms with E-state index >= 15 is 0 Å². The monoisotopic (exact) mass is 262 g/mol. The molecule has 0 saturated carbocycles. The molecule has 2 nitrogen and oxygen atoms in total. The van der Waals surface area contributed by atoms with Crippen LogP contribution >= 0.6 is 0 Å². The van der Waals surface area contributed by atoms with Crippen LogP contribution in [0.1, 0.15) is 11.1 Å². The predicted octanol–water partition coefficient (Wildman–Crippen LogP) is 3.51. The van der Waals surface area contributed by atoms with E-state index in [2.05, 4.69) is 5.32 Å². The van der Waals surface area contributed by atoms with Crippen molar-refractivity contribution < 1.29 is 8.78 Å². The molecule has 3 N–H and O–H groups in total. The third kappa shape index (κ3) is 3.68. The zero-order chi connectivity index (χ0) is 13.8. The molecule has 0 aromatic heterocycles. The smallest absolute Gasteiger partial charge is 0.126 e. The molecule has 100 valence electrons. The molecule has 2 aromatic rings. The van der Waals surface area contributed by atoms with E-state index in [4.69, 9.17) is 5.73 Å². The van der Waals surface area contributed by atoms with Crippen LogP contribution < -0.4 is 11.1 Å². The Hall–Kier alpha value is -2.10. The standard InChI is InChI=1S/C15H16F2N2/c1-10-6-14(2-3-15(10)18)19-5-4-11-7-12(16)9-13(17)8-11/h2-3,6-9,19H,4-5,18H2,1H3. The first-order valence-electron chi connectivity index (χ1n) is 6.09. The Morgan fingerprint density at radius 3 is 2.37 bits per heavy atom. The van der Waals surface area contributed by atoms with Crippen LogP contribution in [0.2, 0.25) is 0 Å². The summed E-state index contributed by atoms with van der Waals surface area (Å²) < 4.78 is 26.0. The van der Waals surface area contributed by atoms with E-state index in [1.165, 1.54) is 12.1 Å². The van der Waals surface area contributed by atoms with Gasteiger partial charge >= 0.3 is 0 Å². The maximum Gasteiger partial charge on any atom is 0.126 e. The van der Waals surface area contributed by atoms with Gasteiger partial charge in [-0.2, -0.15) is 0 Å². The highest BCUT2D eigenvalue weighted by atomic mass is 19.1. The van der Waals surface area contributed by atoms with Gasteiger partial charge in [0.1, 0.15) is 11.6 Å². The SMILES string of the molecule is Cc1cc(NCCc2cc(F)cc(F)c2)ccc1N. The topological polar surface area (TPSA) is 38.0 Å². The van der Waals surface area contributed by atoms with E-state index in [1.54, 1.807) is 0 Å². The molecule has 0 aliphatic carbocycles. The zero-order valence-corrected chi connectivity index (χ0v) is 10.7. The van der Waals surface area contributed by atoms with Gasteiger partial charge in [-0.1, -0.05) is 0 Å². The average molecular weight is 262 g/mol. The lowest BCUT2D eigenvalue weighted by molar-refractivity contribution is 0.580. The van der Waals surface area contributed by atoms with Crippen molar-refractivity contribution in [3.05, 3.63) is 59.2 Å². The molecule has 0 aliphatic rings. The van der Waals surface area contributed by atoms with Gasteiger partial charge in [-0.25, -0.2) is 8.78 Å². The van der Waals surface area contributed by atoms with Crippen LogP contribution in [0, 0.1) is 18.6 Å². The zero-order valence-electron chi connectivity index (χ0n) is 10.7. The molecule has 0 saturated heterocycles. The molecule has 19 heavy (non-hydrogen) atoms. The van der Waals surface area contributed by atoms with Crippen molar-refractivity contribution in [2.24, 2.45) is 0 Å². The minimum absolute atomic E-state index is 0.543. The fourth-order valence-corrected chi connectivity index (χ4v) is 1.89. The molecule has 0 amide bonds. The summed E-state index contributed by atoms with van der Waals surface area (Å²) in [5, 5.41) is 3.20. The summed E-state index contributed by atoms with van der Waals surface area (Å²) in [4.78, 5) is 0. The summed E-state index contributed by atoms with van der Waals surface area (Å²) in [6, 6.07) is 9.23. The van der Waals surface area contributed by atoms with Gasteiger partial charge in [-0.3, -0.25) is 0 Å². The number of anilines is 2. The predicted molar refractivity (Wildman–Crippen MR) is 74.1 cm³/mol. The molecule has 0 radical (unpaired) electrons. The Morgan fingerprint density at radius 2 is 1.74 bits per heavy atom. The molecule has 0 spiro atoms. The quantitative estimate of drug-likeness (QED) is 0.827. The van der Waals surface area contributed by atoms with Crippen LogP contribution in [0.5, 0.6) is 0 Å². The summed E-state index contributed by atoms with van der Waals surface area (Å²) in [7, 11) is 0. The normalized spacial score (nSPS) is 10.5. The number of benzene rings is 2. The summed E-state index contributed by atoms with van der Waals surface area (Å²) in [5.74, 6) is -1.09. The second-order valence-corrected chi connectivity index (χ2v) is 4.53. The van der Waals surface area contributed by atoms with Crippen molar-refractivity contribution in [2.75, 3.05) is 17.6 Å². The van der Waals surface area contributed by atoms with E-state index in [1.807, 2.05) is 25.1 Å². The summed E-state index contributed by atoms with van der Waals surface area (Å²) in [6.07, 6.45) is 0.554. The van der Waals surface area contributed by atoms with Crippen LogP contribution in [0.4, 0.5) is 20.2 Å².